The molecule has 0 radical (unpaired) electrons. The van der Waals surface area contributed by atoms with Crippen molar-refractivity contribution in [2.45, 2.75) is 46.0 Å². The maximum absolute atomic E-state index is 6.07. The second-order valence-electron chi connectivity index (χ2n) is 5.81. The molecule has 1 aromatic carbocycles. The molecule has 0 aromatic heterocycles. The van der Waals surface area contributed by atoms with Gasteiger partial charge in [0.15, 0.2) is 0 Å². The summed E-state index contributed by atoms with van der Waals surface area (Å²) in [6.45, 7) is 6.05. The molecule has 21 heavy (non-hydrogen) atoms. The highest BCUT2D eigenvalue weighted by atomic mass is 79.9. The number of methoxy groups -OCH3 is 1. The second-order valence-corrected chi connectivity index (χ2v) is 6.37. The minimum Gasteiger partial charge on any atom is -0.493 e. The summed E-state index contributed by atoms with van der Waals surface area (Å²) in [5.74, 6) is 0.966. The zero-order valence-electron chi connectivity index (χ0n) is 13.7. The highest BCUT2D eigenvalue weighted by Gasteiger charge is 2.28. The van der Waals surface area contributed by atoms with Crippen molar-refractivity contribution in [3.8, 4) is 5.75 Å². The predicted molar refractivity (Wildman–Crippen MR) is 93.6 cm³/mol. The number of ether oxygens (including phenoxy) is 2. The standard InChI is InChI=1S/C18H29BrO2/c1-4-11-18(14-19,12-5-2)15-21-17-8-6-16(7-9-17)10-13-20-3/h6-9H,4-5,10-15H2,1-3H3. The van der Waals surface area contributed by atoms with Crippen LogP contribution >= 0.6 is 15.9 Å². The molecule has 0 atom stereocenters. The fourth-order valence-electron chi connectivity index (χ4n) is 2.71. The van der Waals surface area contributed by atoms with Crippen molar-refractivity contribution in [3.63, 3.8) is 0 Å². The van der Waals surface area contributed by atoms with Gasteiger partial charge in [0.1, 0.15) is 5.75 Å². The maximum atomic E-state index is 6.07. The first kappa shape index (κ1) is 18.5. The Morgan fingerprint density at radius 3 is 2.14 bits per heavy atom. The van der Waals surface area contributed by atoms with E-state index in [9.17, 15) is 0 Å². The Labute approximate surface area is 138 Å². The fraction of sp³-hybridized carbons (Fsp3) is 0.667. The van der Waals surface area contributed by atoms with Crippen LogP contribution in [0, 0.1) is 5.41 Å². The average Bonchev–Trinajstić information content (AvgIpc) is 2.52. The third-order valence-electron chi connectivity index (χ3n) is 3.91. The molecule has 0 saturated carbocycles. The Hall–Kier alpha value is -0.540. The molecular formula is C18H29BrO2. The van der Waals surface area contributed by atoms with E-state index in [0.29, 0.717) is 0 Å². The molecule has 0 heterocycles. The van der Waals surface area contributed by atoms with E-state index in [-0.39, 0.29) is 5.41 Å². The van der Waals surface area contributed by atoms with Crippen molar-refractivity contribution in [3.05, 3.63) is 29.8 Å². The van der Waals surface area contributed by atoms with Gasteiger partial charge < -0.3 is 9.47 Å². The summed E-state index contributed by atoms with van der Waals surface area (Å²) in [7, 11) is 1.73. The van der Waals surface area contributed by atoms with Gasteiger partial charge in [-0.3, -0.25) is 0 Å². The van der Waals surface area contributed by atoms with Crippen LogP contribution in [0.15, 0.2) is 24.3 Å². The monoisotopic (exact) mass is 356 g/mol. The van der Waals surface area contributed by atoms with Gasteiger partial charge in [-0.1, -0.05) is 54.8 Å². The Morgan fingerprint density at radius 1 is 1.05 bits per heavy atom. The van der Waals surface area contributed by atoms with Crippen LogP contribution in [0.1, 0.15) is 45.1 Å². The van der Waals surface area contributed by atoms with Gasteiger partial charge in [-0.2, -0.15) is 0 Å². The Kier molecular flexibility index (Phi) is 9.02. The average molecular weight is 357 g/mol. The van der Waals surface area contributed by atoms with E-state index in [4.69, 9.17) is 9.47 Å². The SMILES string of the molecule is CCCC(CBr)(CCC)COc1ccc(CCOC)cc1. The highest BCUT2D eigenvalue weighted by Crippen LogP contribution is 2.33. The van der Waals surface area contributed by atoms with Crippen LogP contribution in [-0.4, -0.2) is 25.7 Å². The van der Waals surface area contributed by atoms with Crippen molar-refractivity contribution in [2.24, 2.45) is 5.41 Å². The molecule has 0 N–H and O–H groups in total. The summed E-state index contributed by atoms with van der Waals surface area (Å²) >= 11 is 3.69. The molecule has 0 fully saturated rings. The summed E-state index contributed by atoms with van der Waals surface area (Å²) in [4.78, 5) is 0. The topological polar surface area (TPSA) is 18.5 Å². The molecule has 1 rings (SSSR count). The summed E-state index contributed by atoms with van der Waals surface area (Å²) in [5.41, 5.74) is 1.55. The number of hydrogen-bond donors (Lipinski definition) is 0. The molecule has 1 aromatic rings. The van der Waals surface area contributed by atoms with E-state index in [1.54, 1.807) is 7.11 Å². The first-order valence-corrected chi connectivity index (χ1v) is 9.08. The fourth-order valence-corrected chi connectivity index (χ4v) is 3.43. The van der Waals surface area contributed by atoms with Gasteiger partial charge in [0, 0.05) is 17.9 Å². The van der Waals surface area contributed by atoms with Gasteiger partial charge in [0.2, 0.25) is 0 Å². The van der Waals surface area contributed by atoms with E-state index in [2.05, 4.69) is 54.0 Å². The predicted octanol–water partition coefficient (Wildman–Crippen LogP) is 5.24. The molecule has 0 spiro atoms. The van der Waals surface area contributed by atoms with Crippen LogP contribution in [0.25, 0.3) is 0 Å². The molecule has 0 saturated heterocycles. The number of rotatable bonds is 11. The molecule has 120 valence electrons. The summed E-state index contributed by atoms with van der Waals surface area (Å²) in [6, 6.07) is 8.40. The molecule has 3 heteroatoms. The summed E-state index contributed by atoms with van der Waals surface area (Å²) in [6.07, 6.45) is 5.76. The lowest BCUT2D eigenvalue weighted by atomic mass is 9.82. The lowest BCUT2D eigenvalue weighted by Crippen LogP contribution is -2.30. The van der Waals surface area contributed by atoms with Crippen LogP contribution in [0.3, 0.4) is 0 Å². The van der Waals surface area contributed by atoms with Gasteiger partial charge in [-0.15, -0.1) is 0 Å². The Bertz CT molecular complexity index is 369. The first-order valence-electron chi connectivity index (χ1n) is 7.96. The zero-order valence-corrected chi connectivity index (χ0v) is 15.2. The minimum atomic E-state index is 0.262. The molecular weight excluding hydrogens is 328 g/mol. The normalized spacial score (nSPS) is 11.6. The quantitative estimate of drug-likeness (QED) is 0.505. The second kappa shape index (κ2) is 10.2. The van der Waals surface area contributed by atoms with E-state index in [0.717, 1.165) is 30.7 Å². The van der Waals surface area contributed by atoms with Crippen LogP contribution in [0.4, 0.5) is 0 Å². The van der Waals surface area contributed by atoms with Gasteiger partial charge in [-0.25, -0.2) is 0 Å². The van der Waals surface area contributed by atoms with Crippen LogP contribution in [0.5, 0.6) is 5.75 Å². The summed E-state index contributed by atoms with van der Waals surface area (Å²) < 4.78 is 11.2. The maximum Gasteiger partial charge on any atom is 0.119 e. The lowest BCUT2D eigenvalue weighted by Gasteiger charge is -2.31. The molecule has 0 bridgehead atoms. The third-order valence-corrected chi connectivity index (χ3v) is 5.10. The first-order chi connectivity index (χ1) is 10.2. The van der Waals surface area contributed by atoms with Crippen molar-refractivity contribution < 1.29 is 9.47 Å². The minimum absolute atomic E-state index is 0.262. The molecule has 0 unspecified atom stereocenters. The number of benzene rings is 1. The molecule has 2 nitrogen and oxygen atoms in total. The number of halogens is 1. The van der Waals surface area contributed by atoms with Crippen molar-refractivity contribution >= 4 is 15.9 Å². The van der Waals surface area contributed by atoms with E-state index < -0.39 is 0 Å². The smallest absolute Gasteiger partial charge is 0.119 e. The largest absolute Gasteiger partial charge is 0.493 e. The van der Waals surface area contributed by atoms with E-state index in [1.807, 2.05) is 0 Å². The van der Waals surface area contributed by atoms with E-state index >= 15 is 0 Å². The van der Waals surface area contributed by atoms with Crippen LogP contribution in [-0.2, 0) is 11.2 Å². The van der Waals surface area contributed by atoms with Crippen LogP contribution in [0.2, 0.25) is 0 Å². The van der Waals surface area contributed by atoms with Crippen molar-refractivity contribution in [1.29, 1.82) is 0 Å². The summed E-state index contributed by atoms with van der Waals surface area (Å²) in [5, 5.41) is 1.01. The number of hydrogen-bond acceptors (Lipinski definition) is 2. The molecule has 0 aliphatic rings. The molecule has 0 aliphatic carbocycles. The van der Waals surface area contributed by atoms with Gasteiger partial charge in [0.05, 0.1) is 13.2 Å². The highest BCUT2D eigenvalue weighted by molar-refractivity contribution is 9.09. The zero-order chi connectivity index (χ0) is 15.6. The Morgan fingerprint density at radius 2 is 1.67 bits per heavy atom. The lowest BCUT2D eigenvalue weighted by molar-refractivity contribution is 0.144. The van der Waals surface area contributed by atoms with Crippen molar-refractivity contribution in [2.75, 3.05) is 25.7 Å². The number of alkyl halides is 1. The third kappa shape index (κ3) is 6.39. The molecule has 0 amide bonds. The van der Waals surface area contributed by atoms with E-state index in [1.165, 1.54) is 31.2 Å². The Balaban J connectivity index is 2.58. The van der Waals surface area contributed by atoms with Gasteiger partial charge in [-0.05, 0) is 37.0 Å². The van der Waals surface area contributed by atoms with Crippen LogP contribution < -0.4 is 4.74 Å². The van der Waals surface area contributed by atoms with Gasteiger partial charge in [0.25, 0.3) is 0 Å². The van der Waals surface area contributed by atoms with Gasteiger partial charge >= 0.3 is 0 Å². The van der Waals surface area contributed by atoms with Crippen molar-refractivity contribution in [1.82, 2.24) is 0 Å². The molecule has 0 aliphatic heterocycles.